The monoisotopic (exact) mass is 908 g/mol. The van der Waals surface area contributed by atoms with Gasteiger partial charge in [0.1, 0.15) is 5.82 Å². The molecule has 0 aliphatic carbocycles. The quantitative estimate of drug-likeness (QED) is 0.161. The average molecular weight is 909 g/mol. The van der Waals surface area contributed by atoms with Crippen molar-refractivity contribution in [3.05, 3.63) is 151 Å². The maximum atomic E-state index is 16.0. The summed E-state index contributed by atoms with van der Waals surface area (Å²) in [5.74, 6) is 0.615. The van der Waals surface area contributed by atoms with Crippen molar-refractivity contribution in [2.75, 3.05) is 9.80 Å². The number of hydrogen-bond acceptors (Lipinski definition) is 4. The Labute approximate surface area is 339 Å². The van der Waals surface area contributed by atoms with Crippen molar-refractivity contribution < 1.29 is 30.2 Å². The van der Waals surface area contributed by atoms with Gasteiger partial charge in [-0.25, -0.2) is 4.98 Å². The summed E-state index contributed by atoms with van der Waals surface area (Å²) in [6.45, 7) is 22.2. The van der Waals surface area contributed by atoms with Gasteiger partial charge in [0, 0.05) is 61.3 Å². The van der Waals surface area contributed by atoms with Crippen molar-refractivity contribution in [1.29, 1.82) is 0 Å². The van der Waals surface area contributed by atoms with E-state index in [1.165, 1.54) is 17.2 Å². The Kier molecular flexibility index (Phi) is 9.74. The Morgan fingerprint density at radius 1 is 0.636 bits per heavy atom. The molecule has 3 heterocycles. The van der Waals surface area contributed by atoms with Crippen LogP contribution in [0.5, 0.6) is 11.5 Å². The topological polar surface area (TPSA) is 33.5 Å². The van der Waals surface area contributed by atoms with E-state index in [1.54, 1.807) is 6.07 Å². The van der Waals surface area contributed by atoms with Crippen molar-refractivity contribution in [2.24, 2.45) is 0 Å². The maximum absolute atomic E-state index is 16.0. The molecule has 5 aromatic carbocycles. The number of pyridine rings is 1. The molecule has 7 heteroatoms. The Hall–Kier alpha value is -4.93. The molecule has 8 rings (SSSR count). The summed E-state index contributed by atoms with van der Waals surface area (Å²) >= 11 is 0. The summed E-state index contributed by atoms with van der Waals surface area (Å²) in [6, 6.07) is 41.4. The van der Waals surface area contributed by atoms with Crippen molar-refractivity contribution in [1.82, 2.24) is 9.55 Å². The van der Waals surface area contributed by atoms with Gasteiger partial charge in [-0.05, 0) is 80.8 Å². The van der Waals surface area contributed by atoms with E-state index in [2.05, 4.69) is 133 Å². The van der Waals surface area contributed by atoms with Gasteiger partial charge in [0.25, 0.3) is 0 Å². The Morgan fingerprint density at radius 2 is 1.27 bits per heavy atom. The van der Waals surface area contributed by atoms with Gasteiger partial charge in [0.05, 0.1) is 5.82 Å². The first-order valence-electron chi connectivity index (χ1n) is 18.6. The van der Waals surface area contributed by atoms with E-state index in [9.17, 15) is 0 Å². The zero-order chi connectivity index (χ0) is 38.2. The summed E-state index contributed by atoms with van der Waals surface area (Å²) < 4.78 is 24.4. The van der Waals surface area contributed by atoms with Crippen molar-refractivity contribution in [2.45, 2.75) is 78.6 Å². The van der Waals surface area contributed by atoms with Gasteiger partial charge in [-0.1, -0.05) is 110 Å². The zero-order valence-corrected chi connectivity index (χ0v) is 35.1. The summed E-state index contributed by atoms with van der Waals surface area (Å²) in [5.41, 5.74) is 9.14. The number of anilines is 4. The second-order valence-electron chi connectivity index (χ2n) is 17.3. The largest absolute Gasteiger partial charge is 0.506 e. The van der Waals surface area contributed by atoms with E-state index in [0.717, 1.165) is 50.4 Å². The Morgan fingerprint density at radius 3 is 1.95 bits per heavy atom. The molecule has 0 radical (unpaired) electrons. The molecule has 2 aromatic heterocycles. The van der Waals surface area contributed by atoms with E-state index < -0.39 is 5.82 Å². The number of hydrogen-bond donors (Lipinski definition) is 0. The first-order chi connectivity index (χ1) is 25.6. The predicted molar refractivity (Wildman–Crippen MR) is 220 cm³/mol. The third-order valence-corrected chi connectivity index (χ3v) is 10.3. The molecule has 0 unspecified atom stereocenters. The predicted octanol–water partition coefficient (Wildman–Crippen LogP) is 13.0. The fourth-order valence-electron chi connectivity index (χ4n) is 7.08. The van der Waals surface area contributed by atoms with Crippen LogP contribution < -0.4 is 14.5 Å². The molecule has 1 aliphatic rings. The molecular weight excluding hydrogens is 863 g/mol. The summed E-state index contributed by atoms with van der Waals surface area (Å²) in [4.78, 5) is 9.11. The van der Waals surface area contributed by atoms with E-state index in [4.69, 9.17) is 9.72 Å². The fourth-order valence-corrected chi connectivity index (χ4v) is 7.08. The van der Waals surface area contributed by atoms with Gasteiger partial charge in [0.2, 0.25) is 0 Å². The number of aromatic nitrogens is 2. The first-order valence-corrected chi connectivity index (χ1v) is 18.6. The second-order valence-corrected chi connectivity index (χ2v) is 17.3. The normalized spacial score (nSPS) is 13.3. The zero-order valence-electron chi connectivity index (χ0n) is 32.9. The van der Waals surface area contributed by atoms with Crippen LogP contribution in [0, 0.1) is 24.6 Å². The molecule has 0 saturated heterocycles. The van der Waals surface area contributed by atoms with E-state index >= 15 is 4.39 Å². The van der Waals surface area contributed by atoms with Crippen molar-refractivity contribution in [3.63, 3.8) is 0 Å². The molecule has 0 bridgehead atoms. The van der Waals surface area contributed by atoms with E-state index in [-0.39, 0.29) is 43.1 Å². The number of nitrogens with zero attached hydrogens (tertiary/aromatic N) is 4. The van der Waals surface area contributed by atoms with Gasteiger partial charge in [-0.3, -0.25) is 4.39 Å². The first kappa shape index (κ1) is 38.3. The third kappa shape index (κ3) is 7.18. The smallest absolute Gasteiger partial charge is 0.135 e. The number of para-hydroxylation sites is 3. The molecule has 1 aliphatic heterocycles. The van der Waals surface area contributed by atoms with Gasteiger partial charge in [-0.2, -0.15) is 6.07 Å². The number of ether oxygens (including phenoxy) is 1. The second kappa shape index (κ2) is 14.0. The minimum Gasteiger partial charge on any atom is -0.506 e. The van der Waals surface area contributed by atoms with Crippen LogP contribution in [-0.2, 0) is 37.3 Å². The minimum atomic E-state index is -0.502. The molecule has 0 N–H and O–H groups in total. The Bertz CT molecular complexity index is 2520. The van der Waals surface area contributed by atoms with E-state index in [0.29, 0.717) is 11.3 Å². The minimum absolute atomic E-state index is 0. The molecule has 284 valence electrons. The maximum Gasteiger partial charge on any atom is 0.135 e. The van der Waals surface area contributed by atoms with Gasteiger partial charge in [0.15, 0.2) is 0 Å². The third-order valence-electron chi connectivity index (χ3n) is 10.3. The standard InChI is InChI=1S/C48H46FN4O.Pt/c1-46(2,3)31-21-22-50-45(26-31)53-40-18-11-10-17-37(40)38-28-39(49)44(29-43(38)53)54-36-16-14-15-34(27-36)51-30-52(42-20-13-12-19-41(42)51)35-24-32(47(4,5)6)23-33(25-35)48(7,8)9;/h10-26,28,30H,1-9H3;/q-3;. The summed E-state index contributed by atoms with van der Waals surface area (Å²) in [7, 11) is 0. The number of halogens is 1. The number of rotatable bonds is 5. The molecular formula is C48H46FN4OPt-3. The summed E-state index contributed by atoms with van der Waals surface area (Å²) in [6.07, 6.45) is 1.83. The van der Waals surface area contributed by atoms with Crippen LogP contribution in [0.2, 0.25) is 0 Å². The molecule has 0 saturated carbocycles. The van der Waals surface area contributed by atoms with Crippen LogP contribution in [0.15, 0.2) is 109 Å². The average Bonchev–Trinajstić information content (AvgIpc) is 3.67. The molecule has 5 nitrogen and oxygen atoms in total. The molecule has 0 atom stereocenters. The molecule has 55 heavy (non-hydrogen) atoms. The van der Waals surface area contributed by atoms with Crippen LogP contribution in [0.25, 0.3) is 27.6 Å². The number of benzene rings is 5. The van der Waals surface area contributed by atoms with Crippen molar-refractivity contribution in [3.8, 4) is 17.3 Å². The SMILES string of the molecule is CC(C)(C)c1cc(N2[CH-]N(c3[c-]c(Oc4[c-]c5c(cc4F)c4ccccc4n5-c4cc(C(C)(C)C)ccn4)ccc3)c3ccccc32)cc(C(C)(C)C)c1.[Pt]. The van der Waals surface area contributed by atoms with Gasteiger partial charge < -0.3 is 19.1 Å². The van der Waals surface area contributed by atoms with Gasteiger partial charge in [-0.15, -0.1) is 42.7 Å². The van der Waals surface area contributed by atoms with Crippen molar-refractivity contribution >= 4 is 44.6 Å². The van der Waals surface area contributed by atoms with Crippen LogP contribution >= 0.6 is 0 Å². The molecule has 0 spiro atoms. The van der Waals surface area contributed by atoms with Crippen LogP contribution in [0.4, 0.5) is 27.1 Å². The number of fused-ring (bicyclic) bond motifs is 4. The van der Waals surface area contributed by atoms with Crippen LogP contribution in [0.3, 0.4) is 0 Å². The van der Waals surface area contributed by atoms with E-state index in [1.807, 2.05) is 59.3 Å². The van der Waals surface area contributed by atoms with Crippen LogP contribution in [0.1, 0.15) is 79.0 Å². The fraction of sp³-hybridized carbons (Fsp3) is 0.250. The molecule has 0 amide bonds. The molecule has 7 aromatic rings. The summed E-state index contributed by atoms with van der Waals surface area (Å²) in [5, 5.41) is 1.66. The van der Waals surface area contributed by atoms with Gasteiger partial charge >= 0.3 is 0 Å². The Balaban J connectivity index is 0.00000465. The van der Waals surface area contributed by atoms with Crippen LogP contribution in [-0.4, -0.2) is 9.55 Å². The molecule has 0 fully saturated rings.